The average molecular weight is 313 g/mol. The maximum atomic E-state index is 11.8. The summed E-state index contributed by atoms with van der Waals surface area (Å²) in [5.41, 5.74) is 2.87. The topological polar surface area (TPSA) is 100 Å². The van der Waals surface area contributed by atoms with Gasteiger partial charge in [-0.05, 0) is 24.3 Å². The Labute approximate surface area is 132 Å². The zero-order valence-corrected chi connectivity index (χ0v) is 12.3. The summed E-state index contributed by atoms with van der Waals surface area (Å²) in [6.07, 6.45) is 1.24. The van der Waals surface area contributed by atoms with Gasteiger partial charge in [0.1, 0.15) is 11.5 Å². The largest absolute Gasteiger partial charge is 0.507 e. The number of hydrazone groups is 1. The number of phenols is 1. The number of hydrogen-bond donors (Lipinski definition) is 3. The van der Waals surface area contributed by atoms with Crippen molar-refractivity contribution in [1.29, 1.82) is 0 Å². The van der Waals surface area contributed by atoms with E-state index in [1.54, 1.807) is 42.5 Å². The van der Waals surface area contributed by atoms with Crippen molar-refractivity contribution in [2.45, 2.75) is 0 Å². The molecule has 2 aromatic carbocycles. The molecule has 2 aromatic rings. The minimum absolute atomic E-state index is 0.0176. The maximum Gasteiger partial charge on any atom is 0.329 e. The molecule has 118 valence electrons. The van der Waals surface area contributed by atoms with Crippen LogP contribution < -0.4 is 15.5 Å². The SMILES string of the molecule is COc1ccccc1NC(=O)C(=O)N/N=C/c1ccccc1O. The van der Waals surface area contributed by atoms with Gasteiger partial charge in [0.25, 0.3) is 0 Å². The van der Waals surface area contributed by atoms with Crippen LogP contribution in [0.1, 0.15) is 5.56 Å². The van der Waals surface area contributed by atoms with E-state index in [0.717, 1.165) is 0 Å². The molecule has 0 saturated carbocycles. The molecule has 0 aromatic heterocycles. The van der Waals surface area contributed by atoms with Gasteiger partial charge >= 0.3 is 11.8 Å². The number of phenolic OH excluding ortho intramolecular Hbond substituents is 1. The average Bonchev–Trinajstić information content (AvgIpc) is 2.57. The Morgan fingerprint density at radius 1 is 1.09 bits per heavy atom. The van der Waals surface area contributed by atoms with Gasteiger partial charge in [-0.1, -0.05) is 24.3 Å². The molecular weight excluding hydrogens is 298 g/mol. The second-order valence-electron chi connectivity index (χ2n) is 4.41. The number of nitrogens with zero attached hydrogens (tertiary/aromatic N) is 1. The lowest BCUT2D eigenvalue weighted by Gasteiger charge is -2.08. The van der Waals surface area contributed by atoms with Gasteiger partial charge in [-0.15, -0.1) is 0 Å². The number of aromatic hydroxyl groups is 1. The minimum Gasteiger partial charge on any atom is -0.507 e. The van der Waals surface area contributed by atoms with Gasteiger partial charge in [0.2, 0.25) is 0 Å². The molecular formula is C16H15N3O4. The van der Waals surface area contributed by atoms with Crippen molar-refractivity contribution in [1.82, 2.24) is 5.43 Å². The third-order valence-electron chi connectivity index (χ3n) is 2.87. The highest BCUT2D eigenvalue weighted by molar-refractivity contribution is 6.39. The number of amides is 2. The second kappa shape index (κ2) is 7.60. The Morgan fingerprint density at radius 3 is 2.52 bits per heavy atom. The normalized spacial score (nSPS) is 10.3. The van der Waals surface area contributed by atoms with Crippen molar-refractivity contribution in [3.8, 4) is 11.5 Å². The summed E-state index contributed by atoms with van der Waals surface area (Å²) in [6, 6.07) is 13.2. The van der Waals surface area contributed by atoms with Crippen molar-refractivity contribution in [3.63, 3.8) is 0 Å². The first-order valence-corrected chi connectivity index (χ1v) is 6.67. The molecule has 23 heavy (non-hydrogen) atoms. The van der Waals surface area contributed by atoms with Gasteiger partial charge in [0.05, 0.1) is 19.0 Å². The van der Waals surface area contributed by atoms with Gasteiger partial charge in [-0.25, -0.2) is 5.43 Å². The van der Waals surface area contributed by atoms with E-state index in [9.17, 15) is 14.7 Å². The monoisotopic (exact) mass is 313 g/mol. The van der Waals surface area contributed by atoms with E-state index >= 15 is 0 Å². The molecule has 7 nitrogen and oxygen atoms in total. The molecule has 0 aliphatic heterocycles. The van der Waals surface area contributed by atoms with E-state index in [1.165, 1.54) is 19.4 Å². The maximum absolute atomic E-state index is 11.8. The molecule has 3 N–H and O–H groups in total. The van der Waals surface area contributed by atoms with Crippen molar-refractivity contribution >= 4 is 23.7 Å². The first-order valence-electron chi connectivity index (χ1n) is 6.67. The zero-order chi connectivity index (χ0) is 16.7. The number of ether oxygens (including phenoxy) is 1. The summed E-state index contributed by atoms with van der Waals surface area (Å²) in [6.45, 7) is 0. The standard InChI is InChI=1S/C16H15N3O4/c1-23-14-9-5-3-7-12(14)18-15(21)16(22)19-17-10-11-6-2-4-8-13(11)20/h2-10,20H,1H3,(H,18,21)(H,19,22)/b17-10+. The number of carbonyl (C=O) groups excluding carboxylic acids is 2. The number of rotatable bonds is 4. The fourth-order valence-corrected chi connectivity index (χ4v) is 1.73. The number of para-hydroxylation sites is 3. The van der Waals surface area contributed by atoms with E-state index in [1.807, 2.05) is 0 Å². The van der Waals surface area contributed by atoms with E-state index < -0.39 is 11.8 Å². The lowest BCUT2D eigenvalue weighted by molar-refractivity contribution is -0.136. The number of carbonyl (C=O) groups is 2. The molecule has 0 fully saturated rings. The van der Waals surface area contributed by atoms with Crippen LogP contribution in [0.5, 0.6) is 11.5 Å². The van der Waals surface area contributed by atoms with Crippen LogP contribution in [-0.4, -0.2) is 30.2 Å². The molecule has 0 unspecified atom stereocenters. The van der Waals surface area contributed by atoms with Gasteiger partial charge in [-0.2, -0.15) is 5.10 Å². The fourth-order valence-electron chi connectivity index (χ4n) is 1.73. The molecule has 2 rings (SSSR count). The number of benzene rings is 2. The van der Waals surface area contributed by atoms with E-state index in [0.29, 0.717) is 17.0 Å². The van der Waals surface area contributed by atoms with Crippen molar-refractivity contribution < 1.29 is 19.4 Å². The van der Waals surface area contributed by atoms with E-state index in [2.05, 4.69) is 15.8 Å². The Morgan fingerprint density at radius 2 is 1.78 bits per heavy atom. The summed E-state index contributed by atoms with van der Waals surface area (Å²) >= 11 is 0. The third-order valence-corrected chi connectivity index (χ3v) is 2.87. The van der Waals surface area contributed by atoms with Crippen LogP contribution in [0.2, 0.25) is 0 Å². The summed E-state index contributed by atoms with van der Waals surface area (Å²) in [5.74, 6) is -1.37. The fraction of sp³-hybridized carbons (Fsp3) is 0.0625. The van der Waals surface area contributed by atoms with Crippen LogP contribution in [0, 0.1) is 0 Å². The molecule has 0 spiro atoms. The summed E-state index contributed by atoms with van der Waals surface area (Å²) in [5, 5.41) is 15.6. The number of anilines is 1. The summed E-state index contributed by atoms with van der Waals surface area (Å²) in [4.78, 5) is 23.5. The molecule has 0 aliphatic carbocycles. The van der Waals surface area contributed by atoms with Crippen molar-refractivity contribution in [2.75, 3.05) is 12.4 Å². The Hall–Kier alpha value is -3.35. The molecule has 0 aliphatic rings. The first-order chi connectivity index (χ1) is 11.1. The summed E-state index contributed by atoms with van der Waals surface area (Å²) in [7, 11) is 1.46. The van der Waals surface area contributed by atoms with Crippen LogP contribution in [0.3, 0.4) is 0 Å². The Bertz CT molecular complexity index is 744. The highest BCUT2D eigenvalue weighted by atomic mass is 16.5. The highest BCUT2D eigenvalue weighted by Crippen LogP contribution is 2.22. The summed E-state index contributed by atoms with van der Waals surface area (Å²) < 4.78 is 5.07. The third kappa shape index (κ3) is 4.31. The van der Waals surface area contributed by atoms with Crippen LogP contribution >= 0.6 is 0 Å². The predicted molar refractivity (Wildman–Crippen MR) is 85.5 cm³/mol. The second-order valence-corrected chi connectivity index (χ2v) is 4.41. The van der Waals surface area contributed by atoms with Crippen LogP contribution in [0.25, 0.3) is 0 Å². The highest BCUT2D eigenvalue weighted by Gasteiger charge is 2.14. The van der Waals surface area contributed by atoms with Crippen LogP contribution in [0.4, 0.5) is 5.69 Å². The van der Waals surface area contributed by atoms with Gasteiger partial charge < -0.3 is 15.2 Å². The van der Waals surface area contributed by atoms with Crippen LogP contribution in [0.15, 0.2) is 53.6 Å². The zero-order valence-electron chi connectivity index (χ0n) is 12.3. The molecule has 0 radical (unpaired) electrons. The number of hydrogen-bond acceptors (Lipinski definition) is 5. The number of nitrogens with one attached hydrogen (secondary N) is 2. The molecule has 0 atom stereocenters. The smallest absolute Gasteiger partial charge is 0.329 e. The predicted octanol–water partition coefficient (Wildman–Crippen LogP) is 1.49. The quantitative estimate of drug-likeness (QED) is 0.452. The molecule has 0 saturated heterocycles. The van der Waals surface area contributed by atoms with Gasteiger partial charge in [0, 0.05) is 5.56 Å². The minimum atomic E-state index is -0.942. The molecule has 0 heterocycles. The van der Waals surface area contributed by atoms with E-state index in [-0.39, 0.29) is 5.75 Å². The first kappa shape index (κ1) is 16.0. The van der Waals surface area contributed by atoms with Gasteiger partial charge in [0.15, 0.2) is 0 Å². The van der Waals surface area contributed by atoms with E-state index in [4.69, 9.17) is 4.74 Å². The molecule has 2 amide bonds. The molecule has 7 heteroatoms. The van der Waals surface area contributed by atoms with Gasteiger partial charge in [-0.3, -0.25) is 9.59 Å². The molecule has 0 bridgehead atoms. The Balaban J connectivity index is 1.95. The lowest BCUT2D eigenvalue weighted by Crippen LogP contribution is -2.32. The number of methoxy groups -OCH3 is 1. The lowest BCUT2D eigenvalue weighted by atomic mass is 10.2. The Kier molecular flexibility index (Phi) is 5.30. The van der Waals surface area contributed by atoms with Crippen LogP contribution in [-0.2, 0) is 9.59 Å². The van der Waals surface area contributed by atoms with Crippen molar-refractivity contribution in [2.24, 2.45) is 5.10 Å². The van der Waals surface area contributed by atoms with Crippen molar-refractivity contribution in [3.05, 3.63) is 54.1 Å².